The second-order valence-corrected chi connectivity index (χ2v) is 8.70. The van der Waals surface area contributed by atoms with Crippen molar-refractivity contribution >= 4 is 10.0 Å². The summed E-state index contributed by atoms with van der Waals surface area (Å²) in [7, 11) is -1.94. The van der Waals surface area contributed by atoms with Crippen LogP contribution in [0, 0.1) is 13.8 Å². The first kappa shape index (κ1) is 19.3. The highest BCUT2D eigenvalue weighted by Crippen LogP contribution is 2.22. The highest BCUT2D eigenvalue weighted by atomic mass is 32.2. The Hall–Kier alpha value is -2.44. The zero-order chi connectivity index (χ0) is 19.6. The number of sulfonamides is 1. The second kappa shape index (κ2) is 7.66. The molecule has 0 saturated heterocycles. The lowest BCUT2D eigenvalue weighted by molar-refractivity contribution is 0.465. The molecule has 0 amide bonds. The molecule has 0 aliphatic carbocycles. The average Bonchev–Trinajstić information content (AvgIpc) is 2.97. The summed E-state index contributed by atoms with van der Waals surface area (Å²) < 4.78 is 29.1. The molecule has 0 radical (unpaired) electrons. The normalized spacial score (nSPS) is 11.9. The number of aromatic nitrogens is 2. The summed E-state index contributed by atoms with van der Waals surface area (Å²) >= 11 is 0. The number of nitrogens with zero attached hydrogens (tertiary/aromatic N) is 3. The zero-order valence-corrected chi connectivity index (χ0v) is 17.0. The average molecular weight is 384 g/mol. The Labute approximate surface area is 161 Å². The molecule has 5 nitrogen and oxygen atoms in total. The van der Waals surface area contributed by atoms with Crippen LogP contribution in [0.2, 0.25) is 0 Å². The van der Waals surface area contributed by atoms with Crippen LogP contribution in [0.5, 0.6) is 0 Å². The molecule has 0 aliphatic heterocycles. The van der Waals surface area contributed by atoms with Crippen LogP contribution in [-0.4, -0.2) is 29.6 Å². The molecule has 3 aromatic rings. The molecular weight excluding hydrogens is 358 g/mol. The topological polar surface area (TPSA) is 55.2 Å². The highest BCUT2D eigenvalue weighted by Gasteiger charge is 2.23. The third-order valence-electron chi connectivity index (χ3n) is 4.86. The van der Waals surface area contributed by atoms with Crippen molar-refractivity contribution < 1.29 is 8.42 Å². The van der Waals surface area contributed by atoms with Gasteiger partial charge in [0.25, 0.3) is 0 Å². The maximum Gasteiger partial charge on any atom is 0.243 e. The predicted octanol–water partition coefficient (Wildman–Crippen LogP) is 3.87. The van der Waals surface area contributed by atoms with Gasteiger partial charge in [-0.05, 0) is 50.1 Å². The molecule has 3 rings (SSSR count). The van der Waals surface area contributed by atoms with Crippen molar-refractivity contribution in [1.82, 2.24) is 14.1 Å². The van der Waals surface area contributed by atoms with Gasteiger partial charge in [0.05, 0.1) is 16.3 Å². The van der Waals surface area contributed by atoms with Crippen molar-refractivity contribution in [3.8, 4) is 5.69 Å². The number of para-hydroxylation sites is 1. The number of aryl methyl sites for hydroxylation is 2. The van der Waals surface area contributed by atoms with Crippen molar-refractivity contribution in [2.75, 3.05) is 7.05 Å². The van der Waals surface area contributed by atoms with Gasteiger partial charge in [0.15, 0.2) is 0 Å². The molecule has 0 fully saturated rings. The molecule has 0 atom stereocenters. The first-order valence-corrected chi connectivity index (χ1v) is 10.4. The second-order valence-electron chi connectivity index (χ2n) is 6.66. The van der Waals surface area contributed by atoms with Gasteiger partial charge in [-0.3, -0.25) is 0 Å². The lowest BCUT2D eigenvalue weighted by atomic mass is 10.2. The van der Waals surface area contributed by atoms with Gasteiger partial charge in [0.2, 0.25) is 10.0 Å². The first-order valence-electron chi connectivity index (χ1n) is 9.00. The molecule has 1 aromatic heterocycles. The van der Waals surface area contributed by atoms with E-state index in [1.165, 1.54) is 4.31 Å². The van der Waals surface area contributed by atoms with Gasteiger partial charge >= 0.3 is 0 Å². The lowest BCUT2D eigenvalue weighted by Gasteiger charge is -2.18. The summed E-state index contributed by atoms with van der Waals surface area (Å²) in [6.45, 7) is 6.21. The van der Waals surface area contributed by atoms with Crippen LogP contribution in [0.4, 0.5) is 0 Å². The van der Waals surface area contributed by atoms with Gasteiger partial charge in [-0.25, -0.2) is 13.1 Å². The lowest BCUT2D eigenvalue weighted by Crippen LogP contribution is -2.27. The largest absolute Gasteiger partial charge is 0.243 e. The fourth-order valence-electron chi connectivity index (χ4n) is 3.11. The van der Waals surface area contributed by atoms with E-state index < -0.39 is 10.0 Å². The molecule has 6 heteroatoms. The summed E-state index contributed by atoms with van der Waals surface area (Å²) in [5, 5.41) is 4.61. The molecule has 0 aliphatic rings. The molecule has 0 saturated carbocycles. The van der Waals surface area contributed by atoms with Crippen LogP contribution in [0.15, 0.2) is 59.5 Å². The SMILES string of the molecule is CCc1ccc(S(=O)(=O)N(C)Cc2c(C)nn(-c3ccccc3)c2C)cc1. The minimum absolute atomic E-state index is 0.280. The molecule has 1 heterocycles. The molecular formula is C21H25N3O2S. The van der Waals surface area contributed by atoms with Crippen molar-refractivity contribution in [1.29, 1.82) is 0 Å². The summed E-state index contributed by atoms with van der Waals surface area (Å²) in [6, 6.07) is 16.9. The fourth-order valence-corrected chi connectivity index (χ4v) is 4.25. The van der Waals surface area contributed by atoms with E-state index in [1.54, 1.807) is 19.2 Å². The minimum Gasteiger partial charge on any atom is -0.238 e. The van der Waals surface area contributed by atoms with E-state index in [-0.39, 0.29) is 6.54 Å². The number of hydrogen-bond acceptors (Lipinski definition) is 3. The van der Waals surface area contributed by atoms with Crippen LogP contribution in [0.1, 0.15) is 29.4 Å². The predicted molar refractivity (Wildman–Crippen MR) is 108 cm³/mol. The van der Waals surface area contributed by atoms with Crippen molar-refractivity contribution in [3.05, 3.63) is 77.1 Å². The summed E-state index contributed by atoms with van der Waals surface area (Å²) in [4.78, 5) is 0.313. The Morgan fingerprint density at radius 3 is 2.22 bits per heavy atom. The molecule has 0 unspecified atom stereocenters. The summed E-state index contributed by atoms with van der Waals surface area (Å²) in [5.74, 6) is 0. The van der Waals surface area contributed by atoms with Gasteiger partial charge in [0.1, 0.15) is 0 Å². The quantitative estimate of drug-likeness (QED) is 0.649. The van der Waals surface area contributed by atoms with Crippen LogP contribution in [0.25, 0.3) is 5.69 Å². The maximum absolute atomic E-state index is 12.9. The number of benzene rings is 2. The van der Waals surface area contributed by atoms with Gasteiger partial charge in [-0.1, -0.05) is 37.3 Å². The van der Waals surface area contributed by atoms with Gasteiger partial charge in [-0.2, -0.15) is 9.40 Å². The first-order chi connectivity index (χ1) is 12.8. The van der Waals surface area contributed by atoms with Gasteiger partial charge in [0, 0.05) is 24.8 Å². The smallest absolute Gasteiger partial charge is 0.238 e. The van der Waals surface area contributed by atoms with E-state index in [9.17, 15) is 8.42 Å². The van der Waals surface area contributed by atoms with Crippen molar-refractivity contribution in [2.45, 2.75) is 38.6 Å². The van der Waals surface area contributed by atoms with Crippen LogP contribution >= 0.6 is 0 Å². The molecule has 0 bridgehead atoms. The van der Waals surface area contributed by atoms with E-state index in [0.717, 1.165) is 34.6 Å². The highest BCUT2D eigenvalue weighted by molar-refractivity contribution is 7.89. The Morgan fingerprint density at radius 2 is 1.63 bits per heavy atom. The van der Waals surface area contributed by atoms with E-state index in [1.807, 2.05) is 67.9 Å². The third kappa shape index (κ3) is 3.82. The molecule has 2 aromatic carbocycles. The Kier molecular flexibility index (Phi) is 5.48. The van der Waals surface area contributed by atoms with Crippen LogP contribution in [-0.2, 0) is 23.0 Å². The fraction of sp³-hybridized carbons (Fsp3) is 0.286. The van der Waals surface area contributed by atoms with E-state index in [4.69, 9.17) is 0 Å². The van der Waals surface area contributed by atoms with Crippen LogP contribution in [0.3, 0.4) is 0 Å². The molecule has 0 spiro atoms. The standard InChI is InChI=1S/C21H25N3O2S/c1-5-18-11-13-20(14-12-18)27(25,26)23(4)15-21-16(2)22-24(17(21)3)19-9-7-6-8-10-19/h6-14H,5,15H2,1-4H3. The van der Waals surface area contributed by atoms with Crippen molar-refractivity contribution in [2.24, 2.45) is 0 Å². The molecule has 142 valence electrons. The van der Waals surface area contributed by atoms with E-state index in [2.05, 4.69) is 5.10 Å². The molecule has 27 heavy (non-hydrogen) atoms. The minimum atomic E-state index is -3.55. The Morgan fingerprint density at radius 1 is 1.00 bits per heavy atom. The zero-order valence-electron chi connectivity index (χ0n) is 16.2. The third-order valence-corrected chi connectivity index (χ3v) is 6.68. The Balaban J connectivity index is 1.89. The molecule has 0 N–H and O–H groups in total. The van der Waals surface area contributed by atoms with Gasteiger partial charge < -0.3 is 0 Å². The summed E-state index contributed by atoms with van der Waals surface area (Å²) in [5.41, 5.74) is 4.79. The Bertz CT molecular complexity index is 1020. The van der Waals surface area contributed by atoms with Crippen LogP contribution < -0.4 is 0 Å². The summed E-state index contributed by atoms with van der Waals surface area (Å²) in [6.07, 6.45) is 0.882. The van der Waals surface area contributed by atoms with Gasteiger partial charge in [-0.15, -0.1) is 0 Å². The van der Waals surface area contributed by atoms with E-state index >= 15 is 0 Å². The number of hydrogen-bond donors (Lipinski definition) is 0. The maximum atomic E-state index is 12.9. The van der Waals surface area contributed by atoms with E-state index in [0.29, 0.717) is 4.90 Å². The number of rotatable bonds is 6. The monoisotopic (exact) mass is 383 g/mol. The van der Waals surface area contributed by atoms with Crippen molar-refractivity contribution in [3.63, 3.8) is 0 Å².